The fraction of sp³-hybridized carbons (Fsp3) is 0.333. The summed E-state index contributed by atoms with van der Waals surface area (Å²) in [5, 5.41) is 5.35. The van der Waals surface area contributed by atoms with Crippen molar-refractivity contribution in [2.45, 2.75) is 37.2 Å². The molecule has 0 saturated carbocycles. The predicted molar refractivity (Wildman–Crippen MR) is 129 cm³/mol. The maximum atomic E-state index is 13.1. The number of thiazole rings is 1. The summed E-state index contributed by atoms with van der Waals surface area (Å²) in [7, 11) is -3.63. The molecule has 1 fully saturated rings. The Hall–Kier alpha value is -2.59. The van der Waals surface area contributed by atoms with Crippen LogP contribution in [0.5, 0.6) is 0 Å². The maximum absolute atomic E-state index is 13.1. The van der Waals surface area contributed by atoms with E-state index in [0.717, 1.165) is 30.9 Å². The molecule has 3 heterocycles. The number of rotatable bonds is 6. The van der Waals surface area contributed by atoms with Crippen molar-refractivity contribution in [2.75, 3.05) is 25.0 Å². The van der Waals surface area contributed by atoms with Gasteiger partial charge >= 0.3 is 0 Å². The topological polar surface area (TPSA) is 82.6 Å². The lowest BCUT2D eigenvalue weighted by molar-refractivity contribution is 0.102. The van der Waals surface area contributed by atoms with E-state index in [9.17, 15) is 13.2 Å². The van der Waals surface area contributed by atoms with E-state index >= 15 is 0 Å². The van der Waals surface area contributed by atoms with Gasteiger partial charge in [0.1, 0.15) is 0 Å². The van der Waals surface area contributed by atoms with E-state index in [-0.39, 0.29) is 10.8 Å². The van der Waals surface area contributed by atoms with Crippen LogP contribution in [0.1, 0.15) is 40.0 Å². The predicted octanol–water partition coefficient (Wildman–Crippen LogP) is 3.74. The Morgan fingerprint density at radius 2 is 1.73 bits per heavy atom. The lowest BCUT2D eigenvalue weighted by Gasteiger charge is -2.28. The third kappa shape index (κ3) is 4.86. The molecule has 1 N–H and O–H groups in total. The molecule has 1 saturated heterocycles. The largest absolute Gasteiger partial charge is 0.298 e. The van der Waals surface area contributed by atoms with Crippen LogP contribution in [0.3, 0.4) is 0 Å². The van der Waals surface area contributed by atoms with E-state index < -0.39 is 10.0 Å². The molecule has 1 aromatic heterocycles. The fourth-order valence-electron chi connectivity index (χ4n) is 4.38. The molecule has 0 bridgehead atoms. The summed E-state index contributed by atoms with van der Waals surface area (Å²) in [6.45, 7) is 3.81. The summed E-state index contributed by atoms with van der Waals surface area (Å²) < 4.78 is 27.8. The summed E-state index contributed by atoms with van der Waals surface area (Å²) in [5.74, 6) is -0.298. The summed E-state index contributed by atoms with van der Waals surface area (Å²) in [6, 6.07) is 14.0. The van der Waals surface area contributed by atoms with Gasteiger partial charge in [-0.25, -0.2) is 13.4 Å². The van der Waals surface area contributed by atoms with Crippen LogP contribution in [0.25, 0.3) is 0 Å². The van der Waals surface area contributed by atoms with Crippen LogP contribution in [-0.4, -0.2) is 48.1 Å². The molecule has 1 amide bonds. The number of aromatic nitrogens is 1. The number of hydrogen-bond donors (Lipinski definition) is 1. The van der Waals surface area contributed by atoms with Gasteiger partial charge in [-0.1, -0.05) is 24.3 Å². The minimum Gasteiger partial charge on any atom is -0.298 e. The average Bonchev–Trinajstić information content (AvgIpc) is 3.51. The smallest absolute Gasteiger partial charge is 0.257 e. The number of nitrogens with zero attached hydrogens (tertiary/aromatic N) is 3. The van der Waals surface area contributed by atoms with E-state index in [1.54, 1.807) is 12.1 Å². The molecule has 0 spiro atoms. The molecule has 5 rings (SSSR count). The van der Waals surface area contributed by atoms with E-state index in [1.165, 1.54) is 46.2 Å². The summed E-state index contributed by atoms with van der Waals surface area (Å²) in [5.41, 5.74) is 3.59. The number of carbonyl (C=O) groups is 1. The van der Waals surface area contributed by atoms with Crippen molar-refractivity contribution in [1.82, 2.24) is 14.2 Å². The van der Waals surface area contributed by atoms with Crippen molar-refractivity contribution in [3.8, 4) is 0 Å². The molecule has 0 radical (unpaired) electrons. The van der Waals surface area contributed by atoms with E-state index in [1.807, 2.05) is 29.6 Å². The van der Waals surface area contributed by atoms with Gasteiger partial charge in [0.05, 0.1) is 10.6 Å². The first-order chi connectivity index (χ1) is 16.0. The number of likely N-dealkylation sites (tertiary alicyclic amines) is 1. The minimum atomic E-state index is -3.63. The Bertz CT molecular complexity index is 1250. The highest BCUT2D eigenvalue weighted by Crippen LogP contribution is 2.25. The van der Waals surface area contributed by atoms with Crippen LogP contribution < -0.4 is 5.32 Å². The molecule has 0 unspecified atom stereocenters. The number of sulfonamides is 1. The minimum absolute atomic E-state index is 0.195. The van der Waals surface area contributed by atoms with Gasteiger partial charge in [-0.05, 0) is 67.7 Å². The molecule has 0 aliphatic carbocycles. The van der Waals surface area contributed by atoms with Gasteiger partial charge in [-0.3, -0.25) is 15.0 Å². The number of fused-ring (bicyclic) bond motifs is 1. The maximum Gasteiger partial charge on any atom is 0.257 e. The van der Waals surface area contributed by atoms with Crippen LogP contribution in [0.4, 0.5) is 5.13 Å². The van der Waals surface area contributed by atoms with E-state index in [0.29, 0.717) is 30.2 Å². The van der Waals surface area contributed by atoms with Crippen molar-refractivity contribution in [2.24, 2.45) is 0 Å². The molecule has 2 aromatic carbocycles. The van der Waals surface area contributed by atoms with Crippen LogP contribution in [0.15, 0.2) is 58.8 Å². The van der Waals surface area contributed by atoms with Crippen molar-refractivity contribution >= 4 is 32.4 Å². The van der Waals surface area contributed by atoms with Gasteiger partial charge in [0, 0.05) is 30.6 Å². The van der Waals surface area contributed by atoms with Gasteiger partial charge in [0.25, 0.3) is 5.91 Å². The zero-order valence-corrected chi connectivity index (χ0v) is 19.9. The molecular weight excluding hydrogens is 456 g/mol. The highest BCUT2D eigenvalue weighted by molar-refractivity contribution is 7.89. The molecular formula is C24H26N4O3S2. The lowest BCUT2D eigenvalue weighted by atomic mass is 10.0. The molecule has 9 heteroatoms. The zero-order chi connectivity index (χ0) is 22.8. The third-order valence-corrected chi connectivity index (χ3v) is 8.87. The Balaban J connectivity index is 1.23. The number of hydrogen-bond acceptors (Lipinski definition) is 6. The third-order valence-electron chi connectivity index (χ3n) is 6.21. The average molecular weight is 483 g/mol. The van der Waals surface area contributed by atoms with Crippen LogP contribution >= 0.6 is 11.3 Å². The number of benzene rings is 2. The first kappa shape index (κ1) is 22.2. The number of nitrogens with one attached hydrogen (secondary N) is 1. The quantitative estimate of drug-likeness (QED) is 0.579. The number of amides is 1. The summed E-state index contributed by atoms with van der Waals surface area (Å²) >= 11 is 1.40. The van der Waals surface area contributed by atoms with Gasteiger partial charge in [0.2, 0.25) is 10.0 Å². The zero-order valence-electron chi connectivity index (χ0n) is 18.2. The molecule has 172 valence electrons. The highest BCUT2D eigenvalue weighted by Gasteiger charge is 2.28. The number of anilines is 1. The van der Waals surface area contributed by atoms with Gasteiger partial charge in [-0.15, -0.1) is 11.3 Å². The van der Waals surface area contributed by atoms with Gasteiger partial charge in [-0.2, -0.15) is 4.31 Å². The standard InChI is InChI=1S/C24H26N4O3S2/c29-23(26-24-25-21(17-32-24)16-27-12-3-4-13-27)19-7-9-22(10-8-19)33(30,31)28-14-11-18-5-1-2-6-20(18)15-28/h1-2,5-10,17H,3-4,11-16H2,(H,25,26,29). The van der Waals surface area contributed by atoms with Gasteiger partial charge < -0.3 is 0 Å². The Morgan fingerprint density at radius 1 is 1.00 bits per heavy atom. The second-order valence-electron chi connectivity index (χ2n) is 8.46. The molecule has 3 aromatic rings. The second-order valence-corrected chi connectivity index (χ2v) is 11.3. The molecule has 0 atom stereocenters. The van der Waals surface area contributed by atoms with Crippen molar-refractivity contribution in [3.05, 3.63) is 76.3 Å². The monoisotopic (exact) mass is 482 g/mol. The van der Waals surface area contributed by atoms with Gasteiger partial charge in [0.15, 0.2) is 5.13 Å². The Kier molecular flexibility index (Phi) is 6.29. The summed E-state index contributed by atoms with van der Waals surface area (Å²) in [4.78, 5) is 19.7. The van der Waals surface area contributed by atoms with Crippen LogP contribution in [0.2, 0.25) is 0 Å². The number of carbonyl (C=O) groups excluding carboxylic acids is 1. The van der Waals surface area contributed by atoms with Crippen molar-refractivity contribution in [3.63, 3.8) is 0 Å². The fourth-order valence-corrected chi connectivity index (χ4v) is 6.49. The molecule has 2 aliphatic rings. The SMILES string of the molecule is O=C(Nc1nc(CN2CCCC2)cs1)c1ccc(S(=O)(=O)N2CCc3ccccc3C2)cc1. The molecule has 7 nitrogen and oxygen atoms in total. The van der Waals surface area contributed by atoms with E-state index in [4.69, 9.17) is 0 Å². The van der Waals surface area contributed by atoms with E-state index in [2.05, 4.69) is 15.2 Å². The second kappa shape index (κ2) is 9.34. The normalized spacial score (nSPS) is 17.1. The molecule has 33 heavy (non-hydrogen) atoms. The van der Waals surface area contributed by atoms with Crippen LogP contribution in [-0.2, 0) is 29.5 Å². The van der Waals surface area contributed by atoms with Crippen molar-refractivity contribution < 1.29 is 13.2 Å². The van der Waals surface area contributed by atoms with Crippen molar-refractivity contribution in [1.29, 1.82) is 0 Å². The first-order valence-electron chi connectivity index (χ1n) is 11.1. The first-order valence-corrected chi connectivity index (χ1v) is 13.5. The Labute approximate surface area is 198 Å². The highest BCUT2D eigenvalue weighted by atomic mass is 32.2. The Morgan fingerprint density at radius 3 is 2.48 bits per heavy atom. The van der Waals surface area contributed by atoms with Crippen LogP contribution in [0, 0.1) is 0 Å². The molecule has 2 aliphatic heterocycles. The summed E-state index contributed by atoms with van der Waals surface area (Å²) in [6.07, 6.45) is 3.15. The lowest BCUT2D eigenvalue weighted by Crippen LogP contribution is -2.35.